The van der Waals surface area contributed by atoms with Crippen molar-refractivity contribution in [1.29, 1.82) is 0 Å². The van der Waals surface area contributed by atoms with Gasteiger partial charge in [0, 0.05) is 0 Å². The lowest BCUT2D eigenvalue weighted by atomic mass is 10.0. The number of nitrogens with zero attached hydrogens (tertiary/aromatic N) is 1. The number of fused-ring (bicyclic) bond motifs is 1. The molecule has 0 saturated heterocycles. The predicted molar refractivity (Wildman–Crippen MR) is 79.8 cm³/mol. The van der Waals surface area contributed by atoms with Crippen molar-refractivity contribution in [3.63, 3.8) is 0 Å². The second-order valence-corrected chi connectivity index (χ2v) is 6.11. The van der Waals surface area contributed by atoms with Crippen LogP contribution in [0.25, 0.3) is 10.8 Å². The summed E-state index contributed by atoms with van der Waals surface area (Å²) in [5, 5.41) is 2.78. The number of aryl methyl sites for hydroxylation is 1. The zero-order valence-corrected chi connectivity index (χ0v) is 11.8. The Labute approximate surface area is 111 Å². The van der Waals surface area contributed by atoms with Crippen LogP contribution in [0, 0.1) is 0 Å². The number of unbranched alkanes of at least 4 members (excludes halogenated alkanes) is 1. The molecule has 0 aliphatic heterocycles. The Morgan fingerprint density at radius 2 is 1.56 bits per heavy atom. The second kappa shape index (κ2) is 5.53. The third kappa shape index (κ3) is 3.58. The molecule has 96 valence electrons. The maximum atomic E-state index is 2.27. The molecule has 0 aliphatic carbocycles. The largest absolute Gasteiger partial charge is 0.331 e. The Kier molecular flexibility index (Phi) is 4.03. The van der Waals surface area contributed by atoms with E-state index in [1.54, 1.807) is 0 Å². The van der Waals surface area contributed by atoms with Crippen molar-refractivity contribution in [3.05, 3.63) is 48.0 Å². The molecule has 2 aromatic rings. The number of quaternary nitrogens is 1. The van der Waals surface area contributed by atoms with Crippen LogP contribution < -0.4 is 0 Å². The van der Waals surface area contributed by atoms with E-state index in [0.717, 1.165) is 4.48 Å². The number of hydrogen-bond donors (Lipinski definition) is 0. The van der Waals surface area contributed by atoms with Gasteiger partial charge in [0.1, 0.15) is 0 Å². The summed E-state index contributed by atoms with van der Waals surface area (Å²) in [6.07, 6.45) is 3.78. The van der Waals surface area contributed by atoms with Gasteiger partial charge in [-0.25, -0.2) is 0 Å². The van der Waals surface area contributed by atoms with E-state index >= 15 is 0 Å². The first-order valence-electron chi connectivity index (χ1n) is 6.83. The summed E-state index contributed by atoms with van der Waals surface area (Å²) >= 11 is 0. The van der Waals surface area contributed by atoms with Crippen LogP contribution in [0.1, 0.15) is 18.4 Å². The fraction of sp³-hybridized carbons (Fsp3) is 0.412. The van der Waals surface area contributed by atoms with E-state index < -0.39 is 0 Å². The van der Waals surface area contributed by atoms with Gasteiger partial charge < -0.3 is 4.48 Å². The lowest BCUT2D eigenvalue weighted by molar-refractivity contribution is -0.870. The molecule has 18 heavy (non-hydrogen) atoms. The van der Waals surface area contributed by atoms with Crippen LogP contribution >= 0.6 is 0 Å². The van der Waals surface area contributed by atoms with Gasteiger partial charge in [-0.15, -0.1) is 0 Å². The summed E-state index contributed by atoms with van der Waals surface area (Å²) in [6, 6.07) is 15.3. The molecule has 1 nitrogen and oxygen atoms in total. The van der Waals surface area contributed by atoms with E-state index in [1.165, 1.54) is 42.1 Å². The van der Waals surface area contributed by atoms with Crippen molar-refractivity contribution in [1.82, 2.24) is 0 Å². The summed E-state index contributed by atoms with van der Waals surface area (Å²) < 4.78 is 1.07. The Bertz CT molecular complexity index is 503. The zero-order chi connectivity index (χ0) is 13.0. The number of hydrogen-bond acceptors (Lipinski definition) is 0. The van der Waals surface area contributed by atoms with E-state index in [9.17, 15) is 0 Å². The highest BCUT2D eigenvalue weighted by molar-refractivity contribution is 5.85. The average molecular weight is 242 g/mol. The minimum absolute atomic E-state index is 1.07. The van der Waals surface area contributed by atoms with E-state index in [-0.39, 0.29) is 0 Å². The predicted octanol–water partition coefficient (Wildman–Crippen LogP) is 3.87. The Morgan fingerprint density at radius 1 is 0.833 bits per heavy atom. The molecule has 0 aliphatic rings. The van der Waals surface area contributed by atoms with Gasteiger partial charge in [0.05, 0.1) is 27.7 Å². The molecule has 0 spiro atoms. The van der Waals surface area contributed by atoms with Crippen molar-refractivity contribution >= 4 is 10.8 Å². The van der Waals surface area contributed by atoms with Gasteiger partial charge in [-0.05, 0) is 35.6 Å². The van der Waals surface area contributed by atoms with Crippen molar-refractivity contribution in [2.24, 2.45) is 0 Å². The maximum Gasteiger partial charge on any atom is 0.0780 e. The fourth-order valence-corrected chi connectivity index (χ4v) is 2.41. The van der Waals surface area contributed by atoms with Gasteiger partial charge in [-0.3, -0.25) is 0 Å². The minimum atomic E-state index is 1.07. The molecule has 1 heteroatoms. The fourth-order valence-electron chi connectivity index (χ4n) is 2.41. The highest BCUT2D eigenvalue weighted by Gasteiger charge is 2.06. The molecule has 0 bridgehead atoms. The summed E-state index contributed by atoms with van der Waals surface area (Å²) in [6.45, 7) is 1.25. The molecule has 0 N–H and O–H groups in total. The molecular weight excluding hydrogens is 218 g/mol. The highest BCUT2D eigenvalue weighted by atomic mass is 15.3. The standard InChI is InChI=1S/C17H24N/c1-18(2,3)14-7-6-10-16-12-8-11-15-9-4-5-13-17(15)16/h4-5,8-9,11-13H,6-7,10,14H2,1-3H3/q+1. The topological polar surface area (TPSA) is 0 Å². The van der Waals surface area contributed by atoms with Crippen LogP contribution in [0.5, 0.6) is 0 Å². The van der Waals surface area contributed by atoms with Crippen molar-refractivity contribution in [3.8, 4) is 0 Å². The average Bonchev–Trinajstić information content (AvgIpc) is 2.33. The summed E-state index contributed by atoms with van der Waals surface area (Å²) in [5.74, 6) is 0. The van der Waals surface area contributed by atoms with Crippen LogP contribution in [0.15, 0.2) is 42.5 Å². The van der Waals surface area contributed by atoms with Gasteiger partial charge in [0.2, 0.25) is 0 Å². The first-order valence-corrected chi connectivity index (χ1v) is 6.83. The molecule has 0 fully saturated rings. The molecule has 0 aromatic heterocycles. The van der Waals surface area contributed by atoms with Gasteiger partial charge in [-0.1, -0.05) is 42.5 Å². The molecule has 0 amide bonds. The quantitative estimate of drug-likeness (QED) is 0.551. The zero-order valence-electron chi connectivity index (χ0n) is 11.8. The van der Waals surface area contributed by atoms with Crippen molar-refractivity contribution < 1.29 is 4.48 Å². The second-order valence-electron chi connectivity index (χ2n) is 6.11. The van der Waals surface area contributed by atoms with Gasteiger partial charge in [-0.2, -0.15) is 0 Å². The van der Waals surface area contributed by atoms with E-state index in [0.29, 0.717) is 0 Å². The molecule has 0 saturated carbocycles. The minimum Gasteiger partial charge on any atom is -0.331 e. The third-order valence-electron chi connectivity index (χ3n) is 3.40. The van der Waals surface area contributed by atoms with E-state index in [2.05, 4.69) is 63.6 Å². The molecular formula is C17H24N+. The van der Waals surface area contributed by atoms with E-state index in [1.807, 2.05) is 0 Å². The van der Waals surface area contributed by atoms with Gasteiger partial charge in [0.25, 0.3) is 0 Å². The monoisotopic (exact) mass is 242 g/mol. The molecule has 0 heterocycles. The van der Waals surface area contributed by atoms with Gasteiger partial charge >= 0.3 is 0 Å². The molecule has 0 unspecified atom stereocenters. The van der Waals surface area contributed by atoms with Crippen LogP contribution in [-0.2, 0) is 6.42 Å². The van der Waals surface area contributed by atoms with Crippen molar-refractivity contribution in [2.45, 2.75) is 19.3 Å². The third-order valence-corrected chi connectivity index (χ3v) is 3.40. The Balaban J connectivity index is 2.00. The smallest absolute Gasteiger partial charge is 0.0780 e. The molecule has 0 radical (unpaired) electrons. The van der Waals surface area contributed by atoms with Crippen LogP contribution in [0.3, 0.4) is 0 Å². The Hall–Kier alpha value is -1.34. The summed E-state index contributed by atoms with van der Waals surface area (Å²) in [7, 11) is 6.79. The maximum absolute atomic E-state index is 2.27. The lowest BCUT2D eigenvalue weighted by Crippen LogP contribution is -2.35. The summed E-state index contributed by atoms with van der Waals surface area (Å²) in [4.78, 5) is 0. The normalized spacial score (nSPS) is 11.9. The molecule has 2 rings (SSSR count). The molecule has 2 aromatic carbocycles. The Morgan fingerprint density at radius 3 is 2.33 bits per heavy atom. The van der Waals surface area contributed by atoms with Crippen molar-refractivity contribution in [2.75, 3.05) is 27.7 Å². The first-order chi connectivity index (χ1) is 8.56. The SMILES string of the molecule is C[N+](C)(C)CCCCc1cccc2ccccc12. The molecule has 0 atom stereocenters. The van der Waals surface area contributed by atoms with Crippen LogP contribution in [-0.4, -0.2) is 32.2 Å². The lowest BCUT2D eigenvalue weighted by Gasteiger charge is -2.23. The summed E-state index contributed by atoms with van der Waals surface area (Å²) in [5.41, 5.74) is 1.49. The van der Waals surface area contributed by atoms with Crippen LogP contribution in [0.2, 0.25) is 0 Å². The highest BCUT2D eigenvalue weighted by Crippen LogP contribution is 2.20. The van der Waals surface area contributed by atoms with Gasteiger partial charge in [0.15, 0.2) is 0 Å². The van der Waals surface area contributed by atoms with E-state index in [4.69, 9.17) is 0 Å². The first kappa shape index (κ1) is 13.1. The number of rotatable bonds is 5. The van der Waals surface area contributed by atoms with Crippen LogP contribution in [0.4, 0.5) is 0 Å². The number of benzene rings is 2.